The van der Waals surface area contributed by atoms with Crippen molar-refractivity contribution in [1.29, 1.82) is 0 Å². The summed E-state index contributed by atoms with van der Waals surface area (Å²) in [7, 11) is 1.65. The molecular formula is C10H20N2O2. The van der Waals surface area contributed by atoms with E-state index in [1.165, 1.54) is 0 Å². The molecule has 1 aliphatic rings. The van der Waals surface area contributed by atoms with Crippen molar-refractivity contribution in [2.75, 3.05) is 20.2 Å². The molecule has 14 heavy (non-hydrogen) atoms. The van der Waals surface area contributed by atoms with Gasteiger partial charge in [-0.3, -0.25) is 4.79 Å². The maximum Gasteiger partial charge on any atom is 0.237 e. The maximum absolute atomic E-state index is 11.6. The van der Waals surface area contributed by atoms with Crippen molar-refractivity contribution in [1.82, 2.24) is 10.6 Å². The molecule has 1 saturated heterocycles. The number of carbonyl (C=O) groups is 1. The standard InChI is InChI=1S/C10H20N2O2/c1-7-4-5-11-9(7)10(13)12-6-8(2)14-3/h7-9,11H,4-6H2,1-3H3,(H,12,13). The Balaban J connectivity index is 2.27. The fraction of sp³-hybridized carbons (Fsp3) is 0.900. The highest BCUT2D eigenvalue weighted by molar-refractivity contribution is 5.82. The van der Waals surface area contributed by atoms with Gasteiger partial charge >= 0.3 is 0 Å². The van der Waals surface area contributed by atoms with Gasteiger partial charge in [0.15, 0.2) is 0 Å². The second kappa shape index (κ2) is 5.32. The van der Waals surface area contributed by atoms with Gasteiger partial charge in [-0.25, -0.2) is 0 Å². The molecule has 0 bridgehead atoms. The van der Waals surface area contributed by atoms with E-state index in [0.29, 0.717) is 12.5 Å². The number of carbonyl (C=O) groups excluding carboxylic acids is 1. The molecule has 3 unspecified atom stereocenters. The topological polar surface area (TPSA) is 50.4 Å². The number of nitrogens with one attached hydrogen (secondary N) is 2. The summed E-state index contributed by atoms with van der Waals surface area (Å²) in [5.74, 6) is 0.534. The van der Waals surface area contributed by atoms with Gasteiger partial charge in [0.25, 0.3) is 0 Å². The predicted octanol–water partition coefficient (Wildman–Crippen LogP) is 0.135. The summed E-state index contributed by atoms with van der Waals surface area (Å²) < 4.78 is 5.05. The number of methoxy groups -OCH3 is 1. The Hall–Kier alpha value is -0.610. The summed E-state index contributed by atoms with van der Waals surface area (Å²) in [5.41, 5.74) is 0. The third kappa shape index (κ3) is 2.96. The van der Waals surface area contributed by atoms with E-state index in [2.05, 4.69) is 17.6 Å². The maximum atomic E-state index is 11.6. The fourth-order valence-corrected chi connectivity index (χ4v) is 1.62. The molecule has 0 aromatic carbocycles. The minimum absolute atomic E-state index is 0.0148. The summed E-state index contributed by atoms with van der Waals surface area (Å²) >= 11 is 0. The van der Waals surface area contributed by atoms with Crippen LogP contribution < -0.4 is 10.6 Å². The van der Waals surface area contributed by atoms with E-state index < -0.39 is 0 Å². The van der Waals surface area contributed by atoms with E-state index in [9.17, 15) is 4.79 Å². The van der Waals surface area contributed by atoms with Gasteiger partial charge in [-0.2, -0.15) is 0 Å². The Morgan fingerprint density at radius 3 is 2.93 bits per heavy atom. The van der Waals surface area contributed by atoms with Gasteiger partial charge in [-0.1, -0.05) is 6.92 Å². The van der Waals surface area contributed by atoms with Gasteiger partial charge < -0.3 is 15.4 Å². The third-order valence-corrected chi connectivity index (χ3v) is 2.78. The first kappa shape index (κ1) is 11.5. The number of hydrogen-bond donors (Lipinski definition) is 2. The highest BCUT2D eigenvalue weighted by Gasteiger charge is 2.28. The lowest BCUT2D eigenvalue weighted by atomic mass is 10.0. The summed E-state index contributed by atoms with van der Waals surface area (Å²) in [6.45, 7) is 5.56. The predicted molar refractivity (Wildman–Crippen MR) is 55.1 cm³/mol. The molecule has 2 N–H and O–H groups in total. The van der Waals surface area contributed by atoms with Gasteiger partial charge in [-0.05, 0) is 25.8 Å². The average molecular weight is 200 g/mol. The second-order valence-electron chi connectivity index (χ2n) is 3.99. The van der Waals surface area contributed by atoms with E-state index >= 15 is 0 Å². The molecule has 0 aromatic heterocycles. The van der Waals surface area contributed by atoms with Crippen molar-refractivity contribution < 1.29 is 9.53 Å². The van der Waals surface area contributed by atoms with Gasteiger partial charge in [0, 0.05) is 13.7 Å². The normalized spacial score (nSPS) is 28.8. The van der Waals surface area contributed by atoms with E-state index in [-0.39, 0.29) is 18.1 Å². The third-order valence-electron chi connectivity index (χ3n) is 2.78. The molecule has 1 heterocycles. The van der Waals surface area contributed by atoms with Crippen LogP contribution in [0.4, 0.5) is 0 Å². The first-order chi connectivity index (χ1) is 6.65. The lowest BCUT2D eigenvalue weighted by Gasteiger charge is -2.17. The summed E-state index contributed by atoms with van der Waals surface area (Å²) in [6.07, 6.45) is 1.16. The average Bonchev–Trinajstić information content (AvgIpc) is 2.60. The quantitative estimate of drug-likeness (QED) is 0.678. The van der Waals surface area contributed by atoms with Crippen molar-refractivity contribution >= 4 is 5.91 Å². The zero-order valence-corrected chi connectivity index (χ0v) is 9.17. The molecule has 4 heteroatoms. The summed E-state index contributed by atoms with van der Waals surface area (Å²) in [4.78, 5) is 11.6. The van der Waals surface area contributed by atoms with Gasteiger partial charge in [0.1, 0.15) is 0 Å². The lowest BCUT2D eigenvalue weighted by molar-refractivity contribution is -0.124. The molecule has 4 nitrogen and oxygen atoms in total. The number of rotatable bonds is 4. The minimum atomic E-state index is -0.0148. The first-order valence-corrected chi connectivity index (χ1v) is 5.19. The first-order valence-electron chi connectivity index (χ1n) is 5.19. The molecule has 82 valence electrons. The molecule has 0 aliphatic carbocycles. The SMILES string of the molecule is COC(C)CNC(=O)C1NCCC1C. The number of hydrogen-bond acceptors (Lipinski definition) is 3. The molecular weight excluding hydrogens is 180 g/mol. The molecule has 0 aromatic rings. The van der Waals surface area contributed by atoms with Crippen LogP contribution >= 0.6 is 0 Å². The van der Waals surface area contributed by atoms with Crippen LogP contribution in [0.3, 0.4) is 0 Å². The van der Waals surface area contributed by atoms with Gasteiger partial charge in [0.2, 0.25) is 5.91 Å². The summed E-state index contributed by atoms with van der Waals surface area (Å²) in [6, 6.07) is -0.0148. The van der Waals surface area contributed by atoms with Gasteiger partial charge in [-0.15, -0.1) is 0 Å². The van der Waals surface area contributed by atoms with Crippen molar-refractivity contribution in [3.8, 4) is 0 Å². The van der Waals surface area contributed by atoms with E-state index in [4.69, 9.17) is 4.74 Å². The largest absolute Gasteiger partial charge is 0.380 e. The Morgan fingerprint density at radius 2 is 2.43 bits per heavy atom. The Kier molecular flexibility index (Phi) is 4.35. The van der Waals surface area contributed by atoms with E-state index in [1.54, 1.807) is 7.11 Å². The molecule has 1 rings (SSSR count). The molecule has 1 amide bonds. The lowest BCUT2D eigenvalue weighted by Crippen LogP contribution is -2.45. The van der Waals surface area contributed by atoms with Crippen LogP contribution in [0.25, 0.3) is 0 Å². The highest BCUT2D eigenvalue weighted by atomic mass is 16.5. The van der Waals surface area contributed by atoms with Crippen LogP contribution in [-0.4, -0.2) is 38.3 Å². The van der Waals surface area contributed by atoms with Crippen LogP contribution in [0, 0.1) is 5.92 Å². The van der Waals surface area contributed by atoms with E-state index in [0.717, 1.165) is 13.0 Å². The smallest absolute Gasteiger partial charge is 0.237 e. The zero-order valence-electron chi connectivity index (χ0n) is 9.17. The summed E-state index contributed by atoms with van der Waals surface area (Å²) in [5, 5.41) is 6.07. The number of ether oxygens (including phenoxy) is 1. The Labute approximate surface area is 85.4 Å². The fourth-order valence-electron chi connectivity index (χ4n) is 1.62. The second-order valence-corrected chi connectivity index (χ2v) is 3.99. The monoisotopic (exact) mass is 200 g/mol. The Bertz CT molecular complexity index is 197. The van der Waals surface area contributed by atoms with E-state index in [1.807, 2.05) is 6.92 Å². The van der Waals surface area contributed by atoms with Crippen molar-refractivity contribution in [3.05, 3.63) is 0 Å². The molecule has 0 spiro atoms. The Morgan fingerprint density at radius 1 is 1.71 bits per heavy atom. The van der Waals surface area contributed by atoms with Crippen molar-refractivity contribution in [2.24, 2.45) is 5.92 Å². The number of amides is 1. The molecule has 1 aliphatic heterocycles. The highest BCUT2D eigenvalue weighted by Crippen LogP contribution is 2.13. The zero-order chi connectivity index (χ0) is 10.6. The van der Waals surface area contributed by atoms with Crippen molar-refractivity contribution in [2.45, 2.75) is 32.4 Å². The molecule has 0 saturated carbocycles. The van der Waals surface area contributed by atoms with Crippen LogP contribution in [0.5, 0.6) is 0 Å². The van der Waals surface area contributed by atoms with Crippen LogP contribution in [-0.2, 0) is 9.53 Å². The minimum Gasteiger partial charge on any atom is -0.380 e. The van der Waals surface area contributed by atoms with Crippen LogP contribution in [0.1, 0.15) is 20.3 Å². The molecule has 3 atom stereocenters. The molecule has 1 fully saturated rings. The van der Waals surface area contributed by atoms with Crippen LogP contribution in [0.2, 0.25) is 0 Å². The van der Waals surface area contributed by atoms with Crippen LogP contribution in [0.15, 0.2) is 0 Å². The molecule has 0 radical (unpaired) electrons. The van der Waals surface area contributed by atoms with Gasteiger partial charge in [0.05, 0.1) is 12.1 Å². The van der Waals surface area contributed by atoms with Crippen molar-refractivity contribution in [3.63, 3.8) is 0 Å².